The maximum absolute atomic E-state index is 10.8. The van der Waals surface area contributed by atoms with Crippen LogP contribution in [0.2, 0.25) is 0 Å². The second-order valence-electron chi connectivity index (χ2n) is 5.29. The van der Waals surface area contributed by atoms with Crippen molar-refractivity contribution in [1.82, 2.24) is 9.97 Å². The highest BCUT2D eigenvalue weighted by molar-refractivity contribution is 5.84. The SMILES string of the molecule is O=C(O)c1cnc(N[C@@H]2CCC[C@H]2c2ccccc2)cn1. The Morgan fingerprint density at radius 3 is 2.62 bits per heavy atom. The minimum Gasteiger partial charge on any atom is -0.476 e. The number of carboxylic acid groups (broad SMARTS) is 1. The van der Waals surface area contributed by atoms with Gasteiger partial charge in [-0.25, -0.2) is 14.8 Å². The fourth-order valence-corrected chi connectivity index (χ4v) is 2.93. The summed E-state index contributed by atoms with van der Waals surface area (Å²) in [7, 11) is 0. The van der Waals surface area contributed by atoms with E-state index in [0.29, 0.717) is 17.8 Å². The summed E-state index contributed by atoms with van der Waals surface area (Å²) in [6.45, 7) is 0. The highest BCUT2D eigenvalue weighted by Crippen LogP contribution is 2.35. The molecule has 1 aromatic carbocycles. The highest BCUT2D eigenvalue weighted by atomic mass is 16.4. The molecule has 0 aliphatic heterocycles. The molecule has 108 valence electrons. The topological polar surface area (TPSA) is 75.1 Å². The third kappa shape index (κ3) is 3.02. The van der Waals surface area contributed by atoms with Crippen LogP contribution in [0.4, 0.5) is 5.82 Å². The first-order valence-corrected chi connectivity index (χ1v) is 7.11. The monoisotopic (exact) mass is 283 g/mol. The molecule has 3 rings (SSSR count). The second kappa shape index (κ2) is 5.91. The van der Waals surface area contributed by atoms with E-state index in [2.05, 4.69) is 39.6 Å². The van der Waals surface area contributed by atoms with E-state index in [0.717, 1.165) is 12.8 Å². The number of aromatic nitrogens is 2. The van der Waals surface area contributed by atoms with Crippen molar-refractivity contribution >= 4 is 11.8 Å². The van der Waals surface area contributed by atoms with Gasteiger partial charge in [0.1, 0.15) is 5.82 Å². The summed E-state index contributed by atoms with van der Waals surface area (Å²) in [4.78, 5) is 18.8. The summed E-state index contributed by atoms with van der Waals surface area (Å²) in [5.74, 6) is 0.0389. The predicted octanol–water partition coefficient (Wildman–Crippen LogP) is 2.92. The molecule has 1 saturated carbocycles. The normalized spacial score (nSPS) is 21.1. The van der Waals surface area contributed by atoms with Crippen LogP contribution < -0.4 is 5.32 Å². The van der Waals surface area contributed by atoms with Gasteiger partial charge < -0.3 is 10.4 Å². The van der Waals surface area contributed by atoms with Crippen molar-refractivity contribution in [2.75, 3.05) is 5.32 Å². The van der Waals surface area contributed by atoms with Crippen LogP contribution in [0.3, 0.4) is 0 Å². The Morgan fingerprint density at radius 2 is 1.95 bits per heavy atom. The lowest BCUT2D eigenvalue weighted by Crippen LogP contribution is -2.23. The van der Waals surface area contributed by atoms with Crippen LogP contribution in [0.25, 0.3) is 0 Å². The summed E-state index contributed by atoms with van der Waals surface area (Å²) in [6, 6.07) is 10.8. The highest BCUT2D eigenvalue weighted by Gasteiger charge is 2.28. The van der Waals surface area contributed by atoms with Crippen LogP contribution in [0.1, 0.15) is 41.2 Å². The minimum absolute atomic E-state index is 0.0356. The first kappa shape index (κ1) is 13.5. The second-order valence-corrected chi connectivity index (χ2v) is 5.29. The standard InChI is InChI=1S/C16H17N3O2/c20-16(21)14-9-18-15(10-17-14)19-13-8-4-7-12(13)11-5-2-1-3-6-11/h1-3,5-6,9-10,12-13H,4,7-8H2,(H,18,19)(H,20,21)/t12-,13+/m0/s1. The number of aromatic carboxylic acids is 1. The number of anilines is 1. The minimum atomic E-state index is -1.06. The summed E-state index contributed by atoms with van der Waals surface area (Å²) in [5.41, 5.74) is 1.30. The van der Waals surface area contributed by atoms with E-state index in [9.17, 15) is 4.79 Å². The van der Waals surface area contributed by atoms with Gasteiger partial charge in [0.2, 0.25) is 0 Å². The lowest BCUT2D eigenvalue weighted by atomic mass is 9.94. The summed E-state index contributed by atoms with van der Waals surface area (Å²) in [5, 5.41) is 12.2. The molecular formula is C16H17N3O2. The molecule has 0 unspecified atom stereocenters. The van der Waals surface area contributed by atoms with Crippen molar-refractivity contribution in [2.45, 2.75) is 31.2 Å². The molecule has 1 fully saturated rings. The smallest absolute Gasteiger partial charge is 0.356 e. The molecule has 0 spiro atoms. The molecule has 2 atom stereocenters. The maximum Gasteiger partial charge on any atom is 0.356 e. The van der Waals surface area contributed by atoms with E-state index in [1.807, 2.05) is 6.07 Å². The van der Waals surface area contributed by atoms with Gasteiger partial charge in [0.15, 0.2) is 5.69 Å². The number of rotatable bonds is 4. The zero-order valence-corrected chi connectivity index (χ0v) is 11.6. The molecule has 2 aromatic rings. The van der Waals surface area contributed by atoms with Gasteiger partial charge >= 0.3 is 5.97 Å². The Morgan fingerprint density at radius 1 is 1.14 bits per heavy atom. The average molecular weight is 283 g/mol. The fourth-order valence-electron chi connectivity index (χ4n) is 2.93. The van der Waals surface area contributed by atoms with Crippen molar-refractivity contribution in [1.29, 1.82) is 0 Å². The van der Waals surface area contributed by atoms with Gasteiger partial charge in [0.05, 0.1) is 12.4 Å². The van der Waals surface area contributed by atoms with Gasteiger partial charge in [-0.05, 0) is 18.4 Å². The quantitative estimate of drug-likeness (QED) is 0.902. The molecule has 0 amide bonds. The van der Waals surface area contributed by atoms with Gasteiger partial charge in [-0.2, -0.15) is 0 Å². The maximum atomic E-state index is 10.8. The first-order valence-electron chi connectivity index (χ1n) is 7.11. The van der Waals surface area contributed by atoms with Crippen molar-refractivity contribution < 1.29 is 9.90 Å². The number of carbonyl (C=O) groups is 1. The molecule has 0 bridgehead atoms. The first-order chi connectivity index (χ1) is 10.2. The Balaban J connectivity index is 1.73. The Labute approximate surface area is 123 Å². The number of benzene rings is 1. The van der Waals surface area contributed by atoms with E-state index in [1.54, 1.807) is 0 Å². The van der Waals surface area contributed by atoms with Gasteiger partial charge in [0, 0.05) is 12.0 Å². The molecule has 0 radical (unpaired) electrons. The van der Waals surface area contributed by atoms with Crippen molar-refractivity contribution in [3.05, 3.63) is 54.0 Å². The summed E-state index contributed by atoms with van der Waals surface area (Å²) < 4.78 is 0. The van der Waals surface area contributed by atoms with Crippen LogP contribution in [0, 0.1) is 0 Å². The predicted molar refractivity (Wildman–Crippen MR) is 79.4 cm³/mol. The van der Waals surface area contributed by atoms with Crippen LogP contribution in [0.15, 0.2) is 42.7 Å². The van der Waals surface area contributed by atoms with Crippen LogP contribution in [-0.4, -0.2) is 27.1 Å². The van der Waals surface area contributed by atoms with E-state index >= 15 is 0 Å². The van der Waals surface area contributed by atoms with Gasteiger partial charge in [-0.3, -0.25) is 0 Å². The van der Waals surface area contributed by atoms with E-state index in [1.165, 1.54) is 24.4 Å². The van der Waals surface area contributed by atoms with Crippen LogP contribution in [-0.2, 0) is 0 Å². The molecular weight excluding hydrogens is 266 g/mol. The average Bonchev–Trinajstić information content (AvgIpc) is 2.97. The van der Waals surface area contributed by atoms with Crippen molar-refractivity contribution in [3.63, 3.8) is 0 Å². The molecule has 5 nitrogen and oxygen atoms in total. The largest absolute Gasteiger partial charge is 0.476 e. The van der Waals surface area contributed by atoms with Gasteiger partial charge in [-0.1, -0.05) is 36.8 Å². The molecule has 1 aromatic heterocycles. The number of hydrogen-bond donors (Lipinski definition) is 2. The molecule has 1 aliphatic carbocycles. The number of nitrogens with zero attached hydrogens (tertiary/aromatic N) is 2. The third-order valence-corrected chi connectivity index (χ3v) is 3.95. The van der Waals surface area contributed by atoms with Crippen molar-refractivity contribution in [3.8, 4) is 0 Å². The van der Waals surface area contributed by atoms with Crippen LogP contribution in [0.5, 0.6) is 0 Å². The number of nitrogens with one attached hydrogen (secondary N) is 1. The van der Waals surface area contributed by atoms with Crippen molar-refractivity contribution in [2.24, 2.45) is 0 Å². The molecule has 1 aliphatic rings. The third-order valence-electron chi connectivity index (χ3n) is 3.95. The Hall–Kier alpha value is -2.43. The Bertz CT molecular complexity index is 613. The zero-order chi connectivity index (χ0) is 14.7. The number of hydrogen-bond acceptors (Lipinski definition) is 4. The van der Waals surface area contributed by atoms with E-state index in [4.69, 9.17) is 5.11 Å². The lowest BCUT2D eigenvalue weighted by molar-refractivity contribution is 0.0690. The molecule has 1 heterocycles. The molecule has 5 heteroatoms. The molecule has 0 saturated heterocycles. The fraction of sp³-hybridized carbons (Fsp3) is 0.312. The zero-order valence-electron chi connectivity index (χ0n) is 11.6. The summed E-state index contributed by atoms with van der Waals surface area (Å²) in [6.07, 6.45) is 6.20. The lowest BCUT2D eigenvalue weighted by Gasteiger charge is -2.21. The van der Waals surface area contributed by atoms with E-state index in [-0.39, 0.29) is 5.69 Å². The summed E-state index contributed by atoms with van der Waals surface area (Å²) >= 11 is 0. The number of carboxylic acids is 1. The molecule has 2 N–H and O–H groups in total. The van der Waals surface area contributed by atoms with Gasteiger partial charge in [0.25, 0.3) is 0 Å². The Kier molecular flexibility index (Phi) is 3.81. The van der Waals surface area contributed by atoms with E-state index < -0.39 is 5.97 Å². The van der Waals surface area contributed by atoms with Gasteiger partial charge in [-0.15, -0.1) is 0 Å². The molecule has 21 heavy (non-hydrogen) atoms. The van der Waals surface area contributed by atoms with Crippen LogP contribution >= 0.6 is 0 Å².